The molecule has 0 radical (unpaired) electrons. The largest absolute Gasteiger partial charge is 0.372 e. The summed E-state index contributed by atoms with van der Waals surface area (Å²) in [6.45, 7) is 8.26. The number of benzene rings is 2. The number of amidine groups is 1. The molecule has 1 aliphatic rings. The van der Waals surface area contributed by atoms with Crippen molar-refractivity contribution in [3.63, 3.8) is 0 Å². The van der Waals surface area contributed by atoms with Gasteiger partial charge in [0.05, 0.1) is 10.6 Å². The molecular weight excluding hydrogens is 342 g/mol. The van der Waals surface area contributed by atoms with Crippen molar-refractivity contribution in [3.05, 3.63) is 64.6 Å². The Balaban J connectivity index is 1.77. The van der Waals surface area contributed by atoms with Gasteiger partial charge in [0.2, 0.25) is 0 Å². The van der Waals surface area contributed by atoms with E-state index in [0.717, 1.165) is 29.9 Å². The van der Waals surface area contributed by atoms with E-state index in [0.29, 0.717) is 10.1 Å². The van der Waals surface area contributed by atoms with Crippen LogP contribution in [0.25, 0.3) is 6.08 Å². The first-order chi connectivity index (χ1) is 12.6. The summed E-state index contributed by atoms with van der Waals surface area (Å²) in [5.41, 5.74) is 4.16. The molecule has 0 bridgehead atoms. The SMILES string of the molecule is CCN(CC)c1ccc(/C=C2/SC(=Nc3ccccc3C)NC2=O)cc1. The fourth-order valence-electron chi connectivity index (χ4n) is 2.80. The molecule has 1 fully saturated rings. The van der Waals surface area contributed by atoms with Gasteiger partial charge >= 0.3 is 0 Å². The molecule has 0 atom stereocenters. The standard InChI is InChI=1S/C21H23N3OS/c1-4-24(5-2)17-12-10-16(11-13-17)14-19-20(25)23-21(26-19)22-18-9-7-6-8-15(18)3/h6-14H,4-5H2,1-3H3,(H,22,23,25)/b19-14+. The molecule has 4 nitrogen and oxygen atoms in total. The highest BCUT2D eigenvalue weighted by Gasteiger charge is 2.23. The maximum Gasteiger partial charge on any atom is 0.264 e. The highest BCUT2D eigenvalue weighted by molar-refractivity contribution is 8.18. The Labute approximate surface area is 159 Å². The average Bonchev–Trinajstić information content (AvgIpc) is 2.98. The summed E-state index contributed by atoms with van der Waals surface area (Å²) in [7, 11) is 0. The maximum atomic E-state index is 12.2. The van der Waals surface area contributed by atoms with Crippen molar-refractivity contribution in [2.75, 3.05) is 18.0 Å². The van der Waals surface area contributed by atoms with Gasteiger partial charge in [-0.15, -0.1) is 0 Å². The Morgan fingerprint density at radius 1 is 1.08 bits per heavy atom. The van der Waals surface area contributed by atoms with Crippen molar-refractivity contribution in [2.24, 2.45) is 4.99 Å². The van der Waals surface area contributed by atoms with Crippen molar-refractivity contribution in [1.82, 2.24) is 5.32 Å². The lowest BCUT2D eigenvalue weighted by Gasteiger charge is -2.20. The predicted octanol–water partition coefficient (Wildman–Crippen LogP) is 4.73. The van der Waals surface area contributed by atoms with Gasteiger partial charge in [-0.3, -0.25) is 4.79 Å². The first-order valence-electron chi connectivity index (χ1n) is 8.81. The molecular formula is C21H23N3OS. The minimum Gasteiger partial charge on any atom is -0.372 e. The molecule has 134 valence electrons. The molecule has 1 aliphatic heterocycles. The van der Waals surface area contributed by atoms with E-state index in [1.54, 1.807) is 0 Å². The van der Waals surface area contributed by atoms with E-state index < -0.39 is 0 Å². The maximum absolute atomic E-state index is 12.2. The van der Waals surface area contributed by atoms with Crippen molar-refractivity contribution in [1.29, 1.82) is 0 Å². The second-order valence-corrected chi connectivity index (χ2v) is 7.06. The molecule has 1 saturated heterocycles. The molecule has 1 heterocycles. The number of carbonyl (C=O) groups excluding carboxylic acids is 1. The molecule has 0 unspecified atom stereocenters. The zero-order valence-electron chi connectivity index (χ0n) is 15.3. The summed E-state index contributed by atoms with van der Waals surface area (Å²) in [6, 6.07) is 16.2. The van der Waals surface area contributed by atoms with Crippen LogP contribution in [0.2, 0.25) is 0 Å². The molecule has 2 aromatic carbocycles. The number of aryl methyl sites for hydroxylation is 1. The van der Waals surface area contributed by atoms with Gasteiger partial charge in [-0.25, -0.2) is 4.99 Å². The normalized spacial score (nSPS) is 17.0. The van der Waals surface area contributed by atoms with E-state index in [1.165, 1.54) is 17.4 Å². The zero-order chi connectivity index (χ0) is 18.5. The van der Waals surface area contributed by atoms with Gasteiger partial charge in [0.25, 0.3) is 5.91 Å². The summed E-state index contributed by atoms with van der Waals surface area (Å²) < 4.78 is 0. The van der Waals surface area contributed by atoms with Crippen molar-refractivity contribution >= 4 is 40.3 Å². The Kier molecular flexibility index (Phi) is 5.78. The van der Waals surface area contributed by atoms with Gasteiger partial charge in [0, 0.05) is 18.8 Å². The number of para-hydroxylation sites is 1. The number of anilines is 1. The van der Waals surface area contributed by atoms with Crippen molar-refractivity contribution in [2.45, 2.75) is 20.8 Å². The number of amides is 1. The van der Waals surface area contributed by atoms with E-state index in [2.05, 4.69) is 41.2 Å². The Hall–Kier alpha value is -2.53. The molecule has 2 aromatic rings. The van der Waals surface area contributed by atoms with Crippen LogP contribution >= 0.6 is 11.8 Å². The monoisotopic (exact) mass is 365 g/mol. The fourth-order valence-corrected chi connectivity index (χ4v) is 3.64. The van der Waals surface area contributed by atoms with Crippen molar-refractivity contribution in [3.8, 4) is 0 Å². The molecule has 5 heteroatoms. The van der Waals surface area contributed by atoms with Crippen LogP contribution in [0.1, 0.15) is 25.0 Å². The third kappa shape index (κ3) is 4.17. The fraction of sp³-hybridized carbons (Fsp3) is 0.238. The number of nitrogens with zero attached hydrogens (tertiary/aromatic N) is 2. The molecule has 0 aliphatic carbocycles. The summed E-state index contributed by atoms with van der Waals surface area (Å²) >= 11 is 1.38. The number of aliphatic imine (C=N–C) groups is 1. The van der Waals surface area contributed by atoms with Crippen LogP contribution < -0.4 is 10.2 Å². The summed E-state index contributed by atoms with van der Waals surface area (Å²) in [5.74, 6) is -0.102. The van der Waals surface area contributed by atoms with E-state index in [-0.39, 0.29) is 5.91 Å². The lowest BCUT2D eigenvalue weighted by atomic mass is 10.1. The second kappa shape index (κ2) is 8.23. The van der Waals surface area contributed by atoms with Crippen LogP contribution in [0, 0.1) is 6.92 Å². The lowest BCUT2D eigenvalue weighted by molar-refractivity contribution is -0.115. The average molecular weight is 366 g/mol. The number of rotatable bonds is 5. The quantitative estimate of drug-likeness (QED) is 0.779. The van der Waals surface area contributed by atoms with Gasteiger partial charge in [-0.1, -0.05) is 30.3 Å². The highest BCUT2D eigenvalue weighted by atomic mass is 32.2. The smallest absolute Gasteiger partial charge is 0.264 e. The number of carbonyl (C=O) groups is 1. The topological polar surface area (TPSA) is 44.7 Å². The second-order valence-electron chi connectivity index (χ2n) is 6.03. The van der Waals surface area contributed by atoms with Crippen LogP contribution in [0.3, 0.4) is 0 Å². The van der Waals surface area contributed by atoms with Gasteiger partial charge in [-0.2, -0.15) is 0 Å². The molecule has 0 saturated carbocycles. The number of nitrogens with one attached hydrogen (secondary N) is 1. The Morgan fingerprint density at radius 3 is 2.42 bits per heavy atom. The van der Waals surface area contributed by atoms with Crippen LogP contribution in [-0.4, -0.2) is 24.2 Å². The number of hydrogen-bond donors (Lipinski definition) is 1. The minimum atomic E-state index is -0.102. The molecule has 1 amide bonds. The zero-order valence-corrected chi connectivity index (χ0v) is 16.1. The summed E-state index contributed by atoms with van der Waals surface area (Å²) in [4.78, 5) is 19.8. The van der Waals surface area contributed by atoms with Crippen LogP contribution in [-0.2, 0) is 4.79 Å². The van der Waals surface area contributed by atoms with E-state index >= 15 is 0 Å². The van der Waals surface area contributed by atoms with E-state index in [1.807, 2.05) is 49.4 Å². The highest BCUT2D eigenvalue weighted by Crippen LogP contribution is 2.29. The first-order valence-corrected chi connectivity index (χ1v) is 9.62. The lowest BCUT2D eigenvalue weighted by Crippen LogP contribution is -2.21. The summed E-state index contributed by atoms with van der Waals surface area (Å²) in [6.07, 6.45) is 1.91. The predicted molar refractivity (Wildman–Crippen MR) is 112 cm³/mol. The van der Waals surface area contributed by atoms with E-state index in [4.69, 9.17) is 0 Å². The van der Waals surface area contributed by atoms with Gasteiger partial charge in [0.1, 0.15) is 0 Å². The third-order valence-electron chi connectivity index (χ3n) is 4.31. The molecule has 26 heavy (non-hydrogen) atoms. The minimum absolute atomic E-state index is 0.102. The van der Waals surface area contributed by atoms with Gasteiger partial charge in [0.15, 0.2) is 5.17 Å². The van der Waals surface area contributed by atoms with E-state index in [9.17, 15) is 4.79 Å². The molecule has 0 spiro atoms. The van der Waals surface area contributed by atoms with Crippen LogP contribution in [0.15, 0.2) is 58.4 Å². The van der Waals surface area contributed by atoms with Gasteiger partial charge in [-0.05, 0) is 67.9 Å². The molecule has 0 aromatic heterocycles. The molecule has 1 N–H and O–H groups in total. The summed E-state index contributed by atoms with van der Waals surface area (Å²) in [5, 5.41) is 3.47. The van der Waals surface area contributed by atoms with Gasteiger partial charge < -0.3 is 10.2 Å². The number of hydrogen-bond acceptors (Lipinski definition) is 4. The molecule has 3 rings (SSSR count). The Morgan fingerprint density at radius 2 is 1.77 bits per heavy atom. The number of thioether (sulfide) groups is 1. The Bertz CT molecular complexity index is 852. The van der Waals surface area contributed by atoms with Crippen molar-refractivity contribution < 1.29 is 4.79 Å². The third-order valence-corrected chi connectivity index (χ3v) is 5.22. The first kappa shape index (κ1) is 18.3. The van der Waals surface area contributed by atoms with Crippen LogP contribution in [0.5, 0.6) is 0 Å². The van der Waals surface area contributed by atoms with Crippen LogP contribution in [0.4, 0.5) is 11.4 Å².